The molecule has 0 atom stereocenters. The summed E-state index contributed by atoms with van der Waals surface area (Å²) >= 11 is 0. The Labute approximate surface area is 74.4 Å². The van der Waals surface area contributed by atoms with Crippen LogP contribution >= 0.6 is 0 Å². The van der Waals surface area contributed by atoms with Crippen LogP contribution in [0.3, 0.4) is 0 Å². The zero-order valence-corrected chi connectivity index (χ0v) is 7.05. The second kappa shape index (κ2) is 2.81. The minimum absolute atomic E-state index is 0.376. The van der Waals surface area contributed by atoms with Crippen LogP contribution in [-0.4, -0.2) is 25.0 Å². The molecule has 0 aromatic carbocycles. The van der Waals surface area contributed by atoms with Crippen molar-refractivity contribution in [3.63, 3.8) is 0 Å². The third-order valence-electron chi connectivity index (χ3n) is 1.54. The lowest BCUT2D eigenvalue weighted by Gasteiger charge is -1.97. The highest BCUT2D eigenvalue weighted by Gasteiger charge is 1.99. The van der Waals surface area contributed by atoms with Crippen LogP contribution in [0.15, 0.2) is 18.6 Å². The van der Waals surface area contributed by atoms with Gasteiger partial charge in [-0.15, -0.1) is 5.10 Å². The van der Waals surface area contributed by atoms with Crippen molar-refractivity contribution in [1.82, 2.24) is 25.0 Å². The molecule has 13 heavy (non-hydrogen) atoms. The highest BCUT2D eigenvalue weighted by molar-refractivity contribution is 5.29. The molecule has 0 amide bonds. The predicted octanol–water partition coefficient (Wildman–Crippen LogP) is -0.0521. The summed E-state index contributed by atoms with van der Waals surface area (Å²) in [4.78, 5) is 8.05. The first-order chi connectivity index (χ1) is 6.25. The van der Waals surface area contributed by atoms with Crippen molar-refractivity contribution in [1.29, 1.82) is 0 Å². The molecule has 0 bridgehead atoms. The van der Waals surface area contributed by atoms with Gasteiger partial charge in [-0.2, -0.15) is 0 Å². The van der Waals surface area contributed by atoms with Gasteiger partial charge in [0.1, 0.15) is 11.5 Å². The first-order valence-electron chi connectivity index (χ1n) is 3.72. The molecule has 0 unspecified atom stereocenters. The van der Waals surface area contributed by atoms with Crippen molar-refractivity contribution in [2.24, 2.45) is 0 Å². The fraction of sp³-hybridized carbons (Fsp3) is 0.143. The summed E-state index contributed by atoms with van der Waals surface area (Å²) in [6, 6.07) is 0. The second-order valence-corrected chi connectivity index (χ2v) is 2.58. The highest BCUT2D eigenvalue weighted by atomic mass is 15.4. The van der Waals surface area contributed by atoms with Crippen molar-refractivity contribution in [2.75, 3.05) is 5.73 Å². The van der Waals surface area contributed by atoms with E-state index in [9.17, 15) is 0 Å². The summed E-state index contributed by atoms with van der Waals surface area (Å²) in [5, 5.41) is 7.43. The molecule has 0 aliphatic rings. The number of nitrogens with zero attached hydrogens (tertiary/aromatic N) is 5. The molecule has 2 aromatic rings. The third-order valence-corrected chi connectivity index (χ3v) is 1.54. The van der Waals surface area contributed by atoms with Gasteiger partial charge in [-0.3, -0.25) is 0 Å². The van der Waals surface area contributed by atoms with Crippen LogP contribution in [0, 0.1) is 6.92 Å². The average Bonchev–Trinajstić information content (AvgIpc) is 2.53. The Hall–Kier alpha value is -1.98. The van der Waals surface area contributed by atoms with Crippen LogP contribution < -0.4 is 5.73 Å². The maximum absolute atomic E-state index is 5.41. The topological polar surface area (TPSA) is 82.5 Å². The van der Waals surface area contributed by atoms with Crippen molar-refractivity contribution < 1.29 is 0 Å². The molecule has 6 heteroatoms. The van der Waals surface area contributed by atoms with Gasteiger partial charge in [0, 0.05) is 0 Å². The number of hydrogen-bond donors (Lipinski definition) is 1. The van der Waals surface area contributed by atoms with E-state index in [1.807, 2.05) is 6.92 Å². The standard InChI is InChI=1S/C7H8N6/c1-5-9-2-6(3-10-5)13-4-7(8)11-12-13/h2-4H,8H2,1H3. The fourth-order valence-electron chi connectivity index (χ4n) is 0.907. The van der Waals surface area contributed by atoms with Crippen molar-refractivity contribution in [3.8, 4) is 5.69 Å². The molecule has 2 aromatic heterocycles. The molecule has 0 saturated carbocycles. The van der Waals surface area contributed by atoms with E-state index in [1.54, 1.807) is 18.6 Å². The largest absolute Gasteiger partial charge is 0.381 e. The number of aryl methyl sites for hydroxylation is 1. The molecule has 0 fully saturated rings. The molecule has 0 aliphatic carbocycles. The van der Waals surface area contributed by atoms with Gasteiger partial charge >= 0.3 is 0 Å². The van der Waals surface area contributed by atoms with Gasteiger partial charge in [0.2, 0.25) is 0 Å². The monoisotopic (exact) mass is 176 g/mol. The predicted molar refractivity (Wildman–Crippen MR) is 46.1 cm³/mol. The number of nitrogens with two attached hydrogens (primary N) is 1. The van der Waals surface area contributed by atoms with Crippen LogP contribution in [0.25, 0.3) is 5.69 Å². The molecule has 0 spiro atoms. The van der Waals surface area contributed by atoms with Crippen LogP contribution in [-0.2, 0) is 0 Å². The molecule has 0 aliphatic heterocycles. The Bertz CT molecular complexity index is 403. The summed E-state index contributed by atoms with van der Waals surface area (Å²) in [7, 11) is 0. The average molecular weight is 176 g/mol. The van der Waals surface area contributed by atoms with Gasteiger partial charge < -0.3 is 5.73 Å². The minimum Gasteiger partial charge on any atom is -0.381 e. The normalized spacial score (nSPS) is 10.2. The number of aromatic nitrogens is 5. The Morgan fingerprint density at radius 3 is 2.54 bits per heavy atom. The smallest absolute Gasteiger partial charge is 0.166 e. The first kappa shape index (κ1) is 7.66. The molecule has 2 N–H and O–H groups in total. The van der Waals surface area contributed by atoms with Gasteiger partial charge in [-0.25, -0.2) is 14.6 Å². The van der Waals surface area contributed by atoms with Crippen LogP contribution in [0.5, 0.6) is 0 Å². The van der Waals surface area contributed by atoms with E-state index in [0.717, 1.165) is 11.5 Å². The van der Waals surface area contributed by atoms with E-state index in [2.05, 4.69) is 20.3 Å². The molecule has 66 valence electrons. The Kier molecular flexibility index (Phi) is 1.66. The van der Waals surface area contributed by atoms with Gasteiger partial charge in [-0.1, -0.05) is 5.21 Å². The molecule has 2 heterocycles. The second-order valence-electron chi connectivity index (χ2n) is 2.58. The molecule has 0 saturated heterocycles. The molecule has 2 rings (SSSR count). The van der Waals surface area contributed by atoms with Crippen LogP contribution in [0.1, 0.15) is 5.82 Å². The van der Waals surface area contributed by atoms with Crippen molar-refractivity contribution in [3.05, 3.63) is 24.4 Å². The van der Waals surface area contributed by atoms with Crippen LogP contribution in [0.2, 0.25) is 0 Å². The summed E-state index contributed by atoms with van der Waals surface area (Å²) in [6.45, 7) is 1.82. The number of anilines is 1. The zero-order chi connectivity index (χ0) is 9.26. The SMILES string of the molecule is Cc1ncc(-n2cc(N)nn2)cn1. The number of rotatable bonds is 1. The van der Waals surface area contributed by atoms with Gasteiger partial charge in [0.05, 0.1) is 18.6 Å². The van der Waals surface area contributed by atoms with Crippen molar-refractivity contribution in [2.45, 2.75) is 6.92 Å². The number of hydrogen-bond acceptors (Lipinski definition) is 5. The highest BCUT2D eigenvalue weighted by Crippen LogP contribution is 2.03. The summed E-state index contributed by atoms with van der Waals surface area (Å²) in [6.07, 6.45) is 4.93. The van der Waals surface area contributed by atoms with E-state index in [-0.39, 0.29) is 0 Å². The third kappa shape index (κ3) is 1.46. The van der Waals surface area contributed by atoms with E-state index < -0.39 is 0 Å². The van der Waals surface area contributed by atoms with E-state index in [1.165, 1.54) is 4.68 Å². The lowest BCUT2D eigenvalue weighted by Crippen LogP contribution is -1.97. The first-order valence-corrected chi connectivity index (χ1v) is 3.72. The lowest BCUT2D eigenvalue weighted by molar-refractivity contribution is 0.791. The van der Waals surface area contributed by atoms with Gasteiger partial charge in [0.15, 0.2) is 5.82 Å². The summed E-state index contributed by atoms with van der Waals surface area (Å²) in [5.74, 6) is 1.09. The Morgan fingerprint density at radius 1 is 1.31 bits per heavy atom. The zero-order valence-electron chi connectivity index (χ0n) is 7.05. The van der Waals surface area contributed by atoms with E-state index in [4.69, 9.17) is 5.73 Å². The Morgan fingerprint density at radius 2 is 2.00 bits per heavy atom. The lowest BCUT2D eigenvalue weighted by atomic mass is 10.5. The molecular formula is C7H8N6. The minimum atomic E-state index is 0.376. The van der Waals surface area contributed by atoms with E-state index >= 15 is 0 Å². The van der Waals surface area contributed by atoms with Crippen molar-refractivity contribution >= 4 is 5.82 Å². The summed E-state index contributed by atoms with van der Waals surface area (Å²) < 4.78 is 1.52. The Balaban J connectivity index is 2.41. The number of nitrogen functional groups attached to an aromatic ring is 1. The van der Waals surface area contributed by atoms with Crippen LogP contribution in [0.4, 0.5) is 5.82 Å². The van der Waals surface area contributed by atoms with Gasteiger partial charge in [0.25, 0.3) is 0 Å². The maximum atomic E-state index is 5.41. The maximum Gasteiger partial charge on any atom is 0.166 e. The molecular weight excluding hydrogens is 168 g/mol. The van der Waals surface area contributed by atoms with Gasteiger partial charge in [-0.05, 0) is 6.92 Å². The summed E-state index contributed by atoms with van der Waals surface area (Å²) in [5.41, 5.74) is 6.16. The quantitative estimate of drug-likeness (QED) is 0.658. The fourth-order valence-corrected chi connectivity index (χ4v) is 0.907. The molecule has 0 radical (unpaired) electrons. The van der Waals surface area contributed by atoms with E-state index in [0.29, 0.717) is 5.82 Å². The molecule has 6 nitrogen and oxygen atoms in total.